The maximum Gasteiger partial charge on any atom is 0.250 e. The third-order valence-electron chi connectivity index (χ3n) is 4.71. The molecule has 0 spiro atoms. The van der Waals surface area contributed by atoms with Gasteiger partial charge in [0, 0.05) is 51.5 Å². The van der Waals surface area contributed by atoms with Crippen LogP contribution >= 0.6 is 24.0 Å². The van der Waals surface area contributed by atoms with Crippen LogP contribution in [0.15, 0.2) is 34.2 Å². The Bertz CT molecular complexity index is 581. The molecule has 1 saturated heterocycles. The van der Waals surface area contributed by atoms with Gasteiger partial charge in [0.15, 0.2) is 5.96 Å². The van der Waals surface area contributed by atoms with Gasteiger partial charge in [-0.25, -0.2) is 0 Å². The zero-order chi connectivity index (χ0) is 17.9. The fourth-order valence-electron chi connectivity index (χ4n) is 3.26. The van der Waals surface area contributed by atoms with E-state index in [1.165, 1.54) is 38.9 Å². The summed E-state index contributed by atoms with van der Waals surface area (Å²) in [7, 11) is 1.82. The van der Waals surface area contributed by atoms with E-state index < -0.39 is 0 Å². The van der Waals surface area contributed by atoms with Gasteiger partial charge in [-0.1, -0.05) is 13.0 Å². The molecule has 1 aromatic rings. The largest absolute Gasteiger partial charge is 0.356 e. The summed E-state index contributed by atoms with van der Waals surface area (Å²) in [5.74, 6) is 0.894. The van der Waals surface area contributed by atoms with E-state index in [0.717, 1.165) is 31.9 Å². The van der Waals surface area contributed by atoms with Crippen molar-refractivity contribution in [3.05, 3.63) is 34.7 Å². The molecule has 0 aromatic carbocycles. The van der Waals surface area contributed by atoms with Crippen molar-refractivity contribution in [2.24, 2.45) is 4.99 Å². The highest BCUT2D eigenvalue weighted by molar-refractivity contribution is 14.0. The van der Waals surface area contributed by atoms with E-state index in [-0.39, 0.29) is 29.5 Å². The molecule has 2 N–H and O–H groups in total. The molecule has 2 rings (SSSR count). The Hall–Kier alpha value is -1.09. The van der Waals surface area contributed by atoms with E-state index in [1.54, 1.807) is 16.7 Å². The quantitative estimate of drug-likeness (QED) is 0.262. The predicted octanol–water partition coefficient (Wildman–Crippen LogP) is 2.29. The fourth-order valence-corrected chi connectivity index (χ4v) is 3.26. The van der Waals surface area contributed by atoms with Gasteiger partial charge in [0.1, 0.15) is 0 Å². The molecule has 1 fully saturated rings. The van der Waals surface area contributed by atoms with Crippen LogP contribution in [-0.4, -0.2) is 54.7 Å². The zero-order valence-corrected chi connectivity index (χ0v) is 18.4. The molecule has 0 atom stereocenters. The summed E-state index contributed by atoms with van der Waals surface area (Å²) in [5, 5.41) is 6.93. The molecule has 26 heavy (non-hydrogen) atoms. The van der Waals surface area contributed by atoms with Crippen molar-refractivity contribution in [3.63, 3.8) is 0 Å². The SMILES string of the molecule is CCCN1CCC(NC(=NC)NCCCCn2ccccc2=O)CC1.I. The highest BCUT2D eigenvalue weighted by atomic mass is 127. The van der Waals surface area contributed by atoms with Gasteiger partial charge in [-0.05, 0) is 44.7 Å². The van der Waals surface area contributed by atoms with Crippen molar-refractivity contribution in [1.29, 1.82) is 0 Å². The van der Waals surface area contributed by atoms with Crippen LogP contribution < -0.4 is 16.2 Å². The van der Waals surface area contributed by atoms with Crippen LogP contribution in [0.25, 0.3) is 0 Å². The third kappa shape index (κ3) is 8.07. The van der Waals surface area contributed by atoms with Crippen LogP contribution in [0.3, 0.4) is 0 Å². The third-order valence-corrected chi connectivity index (χ3v) is 4.71. The number of guanidine groups is 1. The number of rotatable bonds is 8. The Morgan fingerprint density at radius 2 is 2.00 bits per heavy atom. The number of aliphatic imine (C=N–C) groups is 1. The zero-order valence-electron chi connectivity index (χ0n) is 16.1. The molecule has 1 aliphatic heterocycles. The number of nitrogens with one attached hydrogen (secondary N) is 2. The van der Waals surface area contributed by atoms with Crippen LogP contribution in [0.1, 0.15) is 39.0 Å². The van der Waals surface area contributed by atoms with Crippen molar-refractivity contribution in [2.45, 2.75) is 51.6 Å². The summed E-state index contributed by atoms with van der Waals surface area (Å²) in [6.07, 6.45) is 7.42. The molecule has 0 aliphatic carbocycles. The topological polar surface area (TPSA) is 61.7 Å². The van der Waals surface area contributed by atoms with Crippen LogP contribution in [-0.2, 0) is 6.54 Å². The number of hydrogen-bond donors (Lipinski definition) is 2. The molecular weight excluding hydrogens is 441 g/mol. The van der Waals surface area contributed by atoms with Crippen molar-refractivity contribution in [2.75, 3.05) is 33.2 Å². The van der Waals surface area contributed by atoms with Crippen molar-refractivity contribution < 1.29 is 0 Å². The van der Waals surface area contributed by atoms with Gasteiger partial charge in [0.25, 0.3) is 0 Å². The van der Waals surface area contributed by atoms with Gasteiger partial charge in [-0.3, -0.25) is 9.79 Å². The molecule has 0 radical (unpaired) electrons. The minimum absolute atomic E-state index is 0. The monoisotopic (exact) mass is 475 g/mol. The second-order valence-corrected chi connectivity index (χ2v) is 6.70. The second-order valence-electron chi connectivity index (χ2n) is 6.70. The van der Waals surface area contributed by atoms with Gasteiger partial charge in [-0.15, -0.1) is 24.0 Å². The molecule has 7 heteroatoms. The van der Waals surface area contributed by atoms with Crippen LogP contribution in [0.5, 0.6) is 0 Å². The van der Waals surface area contributed by atoms with Crippen LogP contribution in [0.2, 0.25) is 0 Å². The van der Waals surface area contributed by atoms with E-state index in [1.807, 2.05) is 19.3 Å². The minimum atomic E-state index is 0. The lowest BCUT2D eigenvalue weighted by Gasteiger charge is -2.32. The summed E-state index contributed by atoms with van der Waals surface area (Å²) in [5.41, 5.74) is 0.0716. The molecular formula is C19H34IN5O. The Morgan fingerprint density at radius 3 is 2.65 bits per heavy atom. The fraction of sp³-hybridized carbons (Fsp3) is 0.684. The average Bonchev–Trinajstić information content (AvgIpc) is 2.63. The van der Waals surface area contributed by atoms with Gasteiger partial charge in [0.2, 0.25) is 5.56 Å². The molecule has 0 bridgehead atoms. The minimum Gasteiger partial charge on any atom is -0.356 e. The molecule has 1 aromatic heterocycles. The number of likely N-dealkylation sites (tertiary alicyclic amines) is 1. The summed E-state index contributed by atoms with van der Waals surface area (Å²) < 4.78 is 1.76. The normalized spacial score (nSPS) is 16.2. The van der Waals surface area contributed by atoms with Gasteiger partial charge in [0.05, 0.1) is 0 Å². The van der Waals surface area contributed by atoms with Gasteiger partial charge < -0.3 is 20.1 Å². The van der Waals surface area contributed by atoms with Gasteiger partial charge >= 0.3 is 0 Å². The summed E-state index contributed by atoms with van der Waals surface area (Å²) >= 11 is 0. The molecule has 148 valence electrons. The lowest BCUT2D eigenvalue weighted by Crippen LogP contribution is -2.48. The van der Waals surface area contributed by atoms with E-state index in [2.05, 4.69) is 27.4 Å². The molecule has 6 nitrogen and oxygen atoms in total. The molecule has 0 amide bonds. The first kappa shape index (κ1) is 23.0. The van der Waals surface area contributed by atoms with Crippen molar-refractivity contribution >= 4 is 29.9 Å². The summed E-state index contributed by atoms with van der Waals surface area (Å²) in [6, 6.07) is 5.80. The highest BCUT2D eigenvalue weighted by Crippen LogP contribution is 2.10. The first-order chi connectivity index (χ1) is 12.2. The summed E-state index contributed by atoms with van der Waals surface area (Å²) in [6.45, 7) is 7.44. The predicted molar refractivity (Wildman–Crippen MR) is 120 cm³/mol. The lowest BCUT2D eigenvalue weighted by molar-refractivity contribution is 0.206. The Balaban J connectivity index is 0.00000338. The lowest BCUT2D eigenvalue weighted by atomic mass is 10.1. The molecule has 0 unspecified atom stereocenters. The van der Waals surface area contributed by atoms with E-state index in [0.29, 0.717) is 6.04 Å². The maximum absolute atomic E-state index is 11.6. The van der Waals surface area contributed by atoms with Crippen molar-refractivity contribution in [3.8, 4) is 0 Å². The standard InChI is InChI=1S/C19H33N5O.HI/c1-3-12-23-15-9-17(10-16-23)22-19(20-2)21-11-5-7-14-24-13-6-4-8-18(24)25;/h4,6,8,13,17H,3,5,7,9-12,14-16H2,1-2H3,(H2,20,21,22);1H. The van der Waals surface area contributed by atoms with E-state index in [9.17, 15) is 4.79 Å². The Kier molecular flexibility index (Phi) is 11.6. The summed E-state index contributed by atoms with van der Waals surface area (Å²) in [4.78, 5) is 18.5. The van der Waals surface area contributed by atoms with Crippen LogP contribution in [0, 0.1) is 0 Å². The number of piperidine rings is 1. The highest BCUT2D eigenvalue weighted by Gasteiger charge is 2.19. The Morgan fingerprint density at radius 1 is 1.23 bits per heavy atom. The van der Waals surface area contributed by atoms with E-state index in [4.69, 9.17) is 0 Å². The first-order valence-corrected chi connectivity index (χ1v) is 9.58. The smallest absolute Gasteiger partial charge is 0.250 e. The number of halogens is 1. The Labute approximate surface area is 174 Å². The van der Waals surface area contributed by atoms with Gasteiger partial charge in [-0.2, -0.15) is 0 Å². The number of nitrogens with zero attached hydrogens (tertiary/aromatic N) is 3. The first-order valence-electron chi connectivity index (χ1n) is 9.58. The average molecular weight is 475 g/mol. The number of hydrogen-bond acceptors (Lipinski definition) is 3. The number of aromatic nitrogens is 1. The molecule has 2 heterocycles. The maximum atomic E-state index is 11.6. The molecule has 1 aliphatic rings. The van der Waals surface area contributed by atoms with E-state index >= 15 is 0 Å². The van der Waals surface area contributed by atoms with Crippen molar-refractivity contribution in [1.82, 2.24) is 20.1 Å². The molecule has 0 saturated carbocycles. The number of unbranched alkanes of at least 4 members (excludes halogenated alkanes) is 1. The number of pyridine rings is 1. The number of aryl methyl sites for hydroxylation is 1. The second kappa shape index (κ2) is 13.1. The van der Waals surface area contributed by atoms with Crippen LogP contribution in [0.4, 0.5) is 0 Å².